The minimum atomic E-state index is -0.807. The number of nitrogens with zero attached hydrogens (tertiary/aromatic N) is 11. The molecule has 0 radical (unpaired) electrons. The number of carbonyl (C=O) groups is 4. The summed E-state index contributed by atoms with van der Waals surface area (Å²) in [6, 6.07) is 11.1. The molecule has 5 fully saturated rings. The number of carbonyl (C=O) groups excluding carboxylic acids is 4. The number of fused-ring (bicyclic) bond motifs is 1. The molecule has 7 heterocycles. The summed E-state index contributed by atoms with van der Waals surface area (Å²) in [4.78, 5) is 66.6. The summed E-state index contributed by atoms with van der Waals surface area (Å²) in [6.07, 6.45) is 3.53. The maximum Gasteiger partial charge on any atom is 0.320 e. The molecule has 316 valence electrons. The van der Waals surface area contributed by atoms with E-state index in [1.54, 1.807) is 24.1 Å². The highest BCUT2D eigenvalue weighted by molar-refractivity contribution is 6.03. The zero-order valence-electron chi connectivity index (χ0n) is 34.0. The molecule has 4 N–H and O–H groups in total. The van der Waals surface area contributed by atoms with Crippen LogP contribution in [0.2, 0.25) is 0 Å². The van der Waals surface area contributed by atoms with Gasteiger partial charge < -0.3 is 35.6 Å². The lowest BCUT2D eigenvalue weighted by Gasteiger charge is -2.37. The summed E-state index contributed by atoms with van der Waals surface area (Å²) in [5.41, 5.74) is 9.21. The topological polar surface area (TPSA) is 194 Å². The molecule has 19 heteroatoms. The Balaban J connectivity index is 0.807. The first-order valence-corrected chi connectivity index (χ1v) is 20.9. The molecule has 0 bridgehead atoms. The lowest BCUT2D eigenvalue weighted by Crippen LogP contribution is -2.49. The molecule has 9 rings (SSSR count). The Morgan fingerprint density at radius 1 is 0.900 bits per heavy atom. The Morgan fingerprint density at radius 2 is 1.73 bits per heavy atom. The third-order valence-electron chi connectivity index (χ3n) is 12.8. The van der Waals surface area contributed by atoms with Crippen molar-refractivity contribution in [1.82, 2.24) is 45.0 Å². The van der Waals surface area contributed by atoms with E-state index in [4.69, 9.17) is 10.8 Å². The number of primary amides is 1. The summed E-state index contributed by atoms with van der Waals surface area (Å²) in [5.74, 6) is -1.31. The number of nitrogens with one attached hydrogen (secondary N) is 2. The maximum absolute atomic E-state index is 15.8. The third-order valence-corrected chi connectivity index (χ3v) is 12.8. The summed E-state index contributed by atoms with van der Waals surface area (Å²) in [5, 5.41) is 19.6. The van der Waals surface area contributed by atoms with Crippen LogP contribution in [-0.2, 0) is 16.6 Å². The molecule has 18 nitrogen and oxygen atoms in total. The van der Waals surface area contributed by atoms with E-state index in [0.29, 0.717) is 75.4 Å². The van der Waals surface area contributed by atoms with Gasteiger partial charge in [0.25, 0.3) is 5.91 Å². The summed E-state index contributed by atoms with van der Waals surface area (Å²) < 4.78 is 17.7. The molecule has 4 aromatic rings. The highest BCUT2D eigenvalue weighted by Gasteiger charge is 2.36. The van der Waals surface area contributed by atoms with Crippen LogP contribution in [0.15, 0.2) is 36.4 Å². The highest BCUT2D eigenvalue weighted by Crippen LogP contribution is 2.37. The van der Waals surface area contributed by atoms with E-state index in [1.165, 1.54) is 6.07 Å². The van der Waals surface area contributed by atoms with E-state index in [9.17, 15) is 19.2 Å². The summed E-state index contributed by atoms with van der Waals surface area (Å²) >= 11 is 0. The van der Waals surface area contributed by atoms with E-state index in [-0.39, 0.29) is 35.4 Å². The fourth-order valence-electron chi connectivity index (χ4n) is 9.63. The van der Waals surface area contributed by atoms with Crippen molar-refractivity contribution in [1.29, 1.82) is 0 Å². The number of aromatic nitrogens is 5. The van der Waals surface area contributed by atoms with Crippen molar-refractivity contribution < 1.29 is 23.6 Å². The molecule has 5 aliphatic heterocycles. The fourth-order valence-corrected chi connectivity index (χ4v) is 9.63. The van der Waals surface area contributed by atoms with E-state index < -0.39 is 17.6 Å². The Labute approximate surface area is 346 Å². The van der Waals surface area contributed by atoms with Crippen LogP contribution in [0.1, 0.15) is 54.2 Å². The molecule has 5 saturated heterocycles. The molecule has 3 atom stereocenters. The normalized spacial score (nSPS) is 22.9. The van der Waals surface area contributed by atoms with Gasteiger partial charge in [-0.15, -0.1) is 10.2 Å². The smallest absolute Gasteiger partial charge is 0.320 e. The minimum absolute atomic E-state index is 0.00697. The van der Waals surface area contributed by atoms with Gasteiger partial charge in [0.1, 0.15) is 5.82 Å². The number of para-hydroxylation sites is 1. The number of rotatable bonds is 10. The number of hydrogen-bond acceptors (Lipinski definition) is 13. The first kappa shape index (κ1) is 39.4. The second-order valence-corrected chi connectivity index (χ2v) is 16.7. The zero-order chi connectivity index (χ0) is 41.7. The molecule has 5 amide bonds. The molecule has 2 aromatic heterocycles. The lowest BCUT2D eigenvalue weighted by atomic mass is 9.92. The predicted octanol–water partition coefficient (Wildman–Crippen LogP) is 2.24. The second-order valence-electron chi connectivity index (χ2n) is 16.7. The monoisotopic (exact) mass is 822 g/mol. The maximum atomic E-state index is 15.8. The number of piperazine rings is 1. The number of benzene rings is 2. The van der Waals surface area contributed by atoms with Gasteiger partial charge in [0.15, 0.2) is 11.5 Å². The van der Waals surface area contributed by atoms with Gasteiger partial charge in [-0.2, -0.15) is 10.1 Å². The van der Waals surface area contributed by atoms with Gasteiger partial charge in [-0.1, -0.05) is 12.1 Å². The number of piperidine rings is 2. The average molecular weight is 823 g/mol. The van der Waals surface area contributed by atoms with Crippen molar-refractivity contribution in [3.05, 3.63) is 53.6 Å². The van der Waals surface area contributed by atoms with E-state index in [1.807, 2.05) is 33.7 Å². The van der Waals surface area contributed by atoms with Crippen LogP contribution < -0.4 is 31.1 Å². The van der Waals surface area contributed by atoms with Crippen molar-refractivity contribution in [3.8, 4) is 0 Å². The summed E-state index contributed by atoms with van der Waals surface area (Å²) in [7, 11) is 3.71. The zero-order valence-corrected chi connectivity index (χ0v) is 34.0. The largest absolute Gasteiger partial charge is 0.369 e. The molecule has 5 aliphatic rings. The third kappa shape index (κ3) is 7.61. The minimum Gasteiger partial charge on any atom is -0.369 e. The van der Waals surface area contributed by atoms with Gasteiger partial charge in [0.2, 0.25) is 17.8 Å². The van der Waals surface area contributed by atoms with Crippen molar-refractivity contribution in [2.24, 2.45) is 18.7 Å². The number of anilines is 5. The van der Waals surface area contributed by atoms with Gasteiger partial charge >= 0.3 is 6.03 Å². The van der Waals surface area contributed by atoms with Crippen LogP contribution in [0.5, 0.6) is 0 Å². The first-order valence-electron chi connectivity index (χ1n) is 20.9. The molecule has 0 saturated carbocycles. The number of aryl methyl sites for hydroxylation is 1. The number of urea groups is 1. The van der Waals surface area contributed by atoms with E-state index in [2.05, 4.69) is 46.6 Å². The SMILES string of the molecule is CN1CCN(C2CCCN(c3nnc(C(N)=O)c(Nc4ccc(N5CCN(CC6CCN(c7cccc8c(C9CCC(=O)NC9=O)nn(C)c78)C6)CC5)c(F)c4)n3)C2)C1=O. The van der Waals surface area contributed by atoms with Crippen LogP contribution in [-0.4, -0.2) is 148 Å². The molecular weight excluding hydrogens is 772 g/mol. The van der Waals surface area contributed by atoms with Gasteiger partial charge in [-0.05, 0) is 55.9 Å². The van der Waals surface area contributed by atoms with Gasteiger partial charge in [-0.3, -0.25) is 29.3 Å². The molecule has 60 heavy (non-hydrogen) atoms. The van der Waals surface area contributed by atoms with Crippen molar-refractivity contribution in [3.63, 3.8) is 0 Å². The Morgan fingerprint density at radius 3 is 2.48 bits per heavy atom. The van der Waals surface area contributed by atoms with Crippen molar-refractivity contribution in [2.45, 2.75) is 44.1 Å². The molecular formula is C41H51FN14O4. The molecule has 3 unspecified atom stereocenters. The number of imide groups is 1. The van der Waals surface area contributed by atoms with Crippen molar-refractivity contribution in [2.75, 3.05) is 99.1 Å². The Bertz CT molecular complexity index is 2330. The highest BCUT2D eigenvalue weighted by atomic mass is 19.1. The van der Waals surface area contributed by atoms with Crippen LogP contribution in [0, 0.1) is 11.7 Å². The van der Waals surface area contributed by atoms with Crippen LogP contribution in [0.3, 0.4) is 0 Å². The van der Waals surface area contributed by atoms with Gasteiger partial charge in [-0.25, -0.2) is 9.18 Å². The quantitative estimate of drug-likeness (QED) is 0.198. The number of halogens is 1. The molecule has 0 spiro atoms. The van der Waals surface area contributed by atoms with Gasteiger partial charge in [0.05, 0.1) is 34.5 Å². The van der Waals surface area contributed by atoms with Crippen LogP contribution in [0.25, 0.3) is 10.9 Å². The van der Waals surface area contributed by atoms with Crippen LogP contribution in [0.4, 0.5) is 38.0 Å². The number of nitrogens with two attached hydrogens (primary N) is 1. The Hall–Kier alpha value is -6.11. The first-order chi connectivity index (χ1) is 29.0. The number of likely N-dealkylation sites (N-methyl/N-ethyl adjacent to an activating group) is 1. The second kappa shape index (κ2) is 16.2. The summed E-state index contributed by atoms with van der Waals surface area (Å²) in [6.45, 7) is 8.29. The van der Waals surface area contributed by atoms with Crippen molar-refractivity contribution >= 4 is 63.5 Å². The van der Waals surface area contributed by atoms with Crippen LogP contribution >= 0.6 is 0 Å². The molecule has 2 aromatic carbocycles. The number of amides is 5. The predicted molar refractivity (Wildman–Crippen MR) is 223 cm³/mol. The fraction of sp³-hybridized carbons (Fsp3) is 0.512. The van der Waals surface area contributed by atoms with E-state index in [0.717, 1.165) is 74.3 Å². The standard InChI is InChI=1S/C41H51FN14O4/c1-50-15-20-56(41(50)60)27-5-4-13-55(24-27)40-46-38(35(37(43)58)47-48-40)44-26-8-10-31(30(42)21-26)53-18-16-52(17-19-53)22-25-12-14-54(23-25)32-7-3-6-28-34(49-51(2)36(28)32)29-9-11-33(57)45-39(29)59/h3,6-8,10,21,25,27,29H,4-5,9,11-20,22-24H2,1-2H3,(H2,43,58)(H,44,46,48)(H,45,57,59). The Kier molecular flexibility index (Phi) is 10.6. The van der Waals surface area contributed by atoms with Gasteiger partial charge in [0, 0.05) is 104 Å². The lowest BCUT2D eigenvalue weighted by molar-refractivity contribution is -0.134. The average Bonchev–Trinajstić information content (AvgIpc) is 3.95. The van der Waals surface area contributed by atoms with E-state index >= 15 is 4.39 Å². The number of hydrogen-bond donors (Lipinski definition) is 3. The molecule has 0 aliphatic carbocycles.